The number of hydrogen-bond acceptors (Lipinski definition) is 5. The van der Waals surface area contributed by atoms with E-state index in [-0.39, 0.29) is 5.92 Å². The third kappa shape index (κ3) is 3.54. The van der Waals surface area contributed by atoms with Gasteiger partial charge in [-0.25, -0.2) is 5.10 Å². The van der Waals surface area contributed by atoms with Crippen molar-refractivity contribution in [3.05, 3.63) is 53.5 Å². The molecule has 1 N–H and O–H groups in total. The van der Waals surface area contributed by atoms with Crippen molar-refractivity contribution in [3.8, 4) is 22.5 Å². The standard InChI is InChI=1S/C22H19F3N6/c1-12-10-14(8-9-26-12)18-16-11-15(22(23,24)25)6-7-17(16)27-20(13-4-2-3-5-13)19(18)21-28-30-31-29-21/h6-11,13H,2-5H2,1H3,(H,28,29,30,31). The molecule has 4 aromatic rings. The molecule has 1 fully saturated rings. The lowest BCUT2D eigenvalue weighted by atomic mass is 9.88. The van der Waals surface area contributed by atoms with Gasteiger partial charge in [0.15, 0.2) is 5.82 Å². The van der Waals surface area contributed by atoms with Crippen LogP contribution in [0.25, 0.3) is 33.4 Å². The summed E-state index contributed by atoms with van der Waals surface area (Å²) in [7, 11) is 0. The molecule has 9 heteroatoms. The number of aryl methyl sites for hydroxylation is 1. The third-order valence-electron chi connectivity index (χ3n) is 5.85. The molecule has 0 spiro atoms. The normalized spacial score (nSPS) is 15.1. The maximum Gasteiger partial charge on any atom is 0.416 e. The van der Waals surface area contributed by atoms with Gasteiger partial charge in [-0.15, -0.1) is 5.10 Å². The zero-order valence-electron chi connectivity index (χ0n) is 16.7. The van der Waals surface area contributed by atoms with E-state index in [0.717, 1.165) is 48.7 Å². The van der Waals surface area contributed by atoms with Gasteiger partial charge in [-0.3, -0.25) is 9.97 Å². The zero-order valence-corrected chi connectivity index (χ0v) is 16.7. The summed E-state index contributed by atoms with van der Waals surface area (Å²) in [5, 5.41) is 14.8. The van der Waals surface area contributed by atoms with Crippen LogP contribution in [0, 0.1) is 6.92 Å². The molecule has 1 aromatic carbocycles. The average Bonchev–Trinajstić information content (AvgIpc) is 3.45. The molecule has 3 heterocycles. The van der Waals surface area contributed by atoms with E-state index < -0.39 is 11.7 Å². The molecule has 0 amide bonds. The van der Waals surface area contributed by atoms with Gasteiger partial charge in [0.2, 0.25) is 0 Å². The molecule has 1 aliphatic rings. The van der Waals surface area contributed by atoms with Crippen LogP contribution in [0.2, 0.25) is 0 Å². The number of pyridine rings is 2. The van der Waals surface area contributed by atoms with E-state index in [4.69, 9.17) is 4.98 Å². The predicted octanol–water partition coefficient (Wildman–Crippen LogP) is 5.46. The number of rotatable bonds is 3. The fraction of sp³-hybridized carbons (Fsp3) is 0.318. The Bertz CT molecular complexity index is 1240. The number of benzene rings is 1. The SMILES string of the molecule is Cc1cc(-c2c(-c3nnn[nH]3)c(C3CCCC3)nc3ccc(C(F)(F)F)cc23)ccn1. The van der Waals surface area contributed by atoms with Gasteiger partial charge < -0.3 is 0 Å². The van der Waals surface area contributed by atoms with Gasteiger partial charge in [-0.2, -0.15) is 13.2 Å². The van der Waals surface area contributed by atoms with Crippen molar-refractivity contribution >= 4 is 10.9 Å². The Labute approximate surface area is 175 Å². The van der Waals surface area contributed by atoms with Gasteiger partial charge in [0.1, 0.15) is 0 Å². The Hall–Kier alpha value is -3.36. The van der Waals surface area contributed by atoms with Crippen LogP contribution in [0.1, 0.15) is 48.6 Å². The Kier molecular flexibility index (Phi) is 4.68. The summed E-state index contributed by atoms with van der Waals surface area (Å²) >= 11 is 0. The fourth-order valence-electron chi connectivity index (χ4n) is 4.46. The Morgan fingerprint density at radius 3 is 2.52 bits per heavy atom. The summed E-state index contributed by atoms with van der Waals surface area (Å²) in [6.45, 7) is 1.85. The summed E-state index contributed by atoms with van der Waals surface area (Å²) in [5.74, 6) is 0.603. The molecule has 0 atom stereocenters. The second kappa shape index (κ2) is 7.40. The van der Waals surface area contributed by atoms with Crippen molar-refractivity contribution in [2.45, 2.75) is 44.7 Å². The molecule has 0 bridgehead atoms. The number of nitrogens with zero attached hydrogens (tertiary/aromatic N) is 5. The minimum atomic E-state index is -4.46. The highest BCUT2D eigenvalue weighted by Crippen LogP contribution is 2.45. The van der Waals surface area contributed by atoms with E-state index in [1.54, 1.807) is 12.3 Å². The van der Waals surface area contributed by atoms with E-state index in [2.05, 4.69) is 25.6 Å². The molecule has 0 unspecified atom stereocenters. The number of H-pyrrole nitrogens is 1. The molecule has 6 nitrogen and oxygen atoms in total. The maximum atomic E-state index is 13.5. The van der Waals surface area contributed by atoms with Crippen LogP contribution in [0.5, 0.6) is 0 Å². The number of nitrogens with one attached hydrogen (secondary N) is 1. The maximum absolute atomic E-state index is 13.5. The van der Waals surface area contributed by atoms with Crippen LogP contribution in [-0.2, 0) is 6.18 Å². The van der Waals surface area contributed by atoms with Gasteiger partial charge in [0, 0.05) is 28.8 Å². The lowest BCUT2D eigenvalue weighted by Crippen LogP contribution is -2.07. The van der Waals surface area contributed by atoms with Crippen molar-refractivity contribution < 1.29 is 13.2 Å². The van der Waals surface area contributed by atoms with Gasteiger partial charge in [0.25, 0.3) is 0 Å². The monoisotopic (exact) mass is 424 g/mol. The molecule has 158 valence electrons. The first-order valence-electron chi connectivity index (χ1n) is 10.1. The van der Waals surface area contributed by atoms with Gasteiger partial charge in [-0.05, 0) is 66.1 Å². The second-order valence-electron chi connectivity index (χ2n) is 7.89. The predicted molar refractivity (Wildman–Crippen MR) is 109 cm³/mol. The minimum Gasteiger partial charge on any atom is -0.262 e. The van der Waals surface area contributed by atoms with Crippen LogP contribution < -0.4 is 0 Å². The summed E-state index contributed by atoms with van der Waals surface area (Å²) in [4.78, 5) is 9.10. The van der Waals surface area contributed by atoms with Crippen molar-refractivity contribution in [1.82, 2.24) is 30.6 Å². The molecular weight excluding hydrogens is 405 g/mol. The largest absolute Gasteiger partial charge is 0.416 e. The highest BCUT2D eigenvalue weighted by Gasteiger charge is 2.32. The molecule has 31 heavy (non-hydrogen) atoms. The smallest absolute Gasteiger partial charge is 0.262 e. The van der Waals surface area contributed by atoms with Crippen LogP contribution >= 0.6 is 0 Å². The number of aromatic amines is 1. The molecule has 3 aromatic heterocycles. The number of aromatic nitrogens is 6. The molecule has 1 aliphatic carbocycles. The fourth-order valence-corrected chi connectivity index (χ4v) is 4.46. The van der Waals surface area contributed by atoms with Gasteiger partial charge >= 0.3 is 6.18 Å². The number of fused-ring (bicyclic) bond motifs is 1. The van der Waals surface area contributed by atoms with Crippen molar-refractivity contribution in [2.75, 3.05) is 0 Å². The van der Waals surface area contributed by atoms with Crippen LogP contribution in [0.15, 0.2) is 36.5 Å². The van der Waals surface area contributed by atoms with E-state index in [9.17, 15) is 13.2 Å². The Morgan fingerprint density at radius 1 is 1.03 bits per heavy atom. The average molecular weight is 424 g/mol. The zero-order chi connectivity index (χ0) is 21.6. The molecule has 0 aliphatic heterocycles. The summed E-state index contributed by atoms with van der Waals surface area (Å²) in [6.07, 6.45) is 1.33. The number of tetrazole rings is 1. The summed E-state index contributed by atoms with van der Waals surface area (Å²) in [5.41, 5.74) is 3.45. The van der Waals surface area contributed by atoms with Crippen molar-refractivity contribution in [3.63, 3.8) is 0 Å². The van der Waals surface area contributed by atoms with E-state index in [1.165, 1.54) is 12.1 Å². The van der Waals surface area contributed by atoms with Crippen LogP contribution in [0.3, 0.4) is 0 Å². The highest BCUT2D eigenvalue weighted by atomic mass is 19.4. The minimum absolute atomic E-state index is 0.202. The topological polar surface area (TPSA) is 80.2 Å². The first kappa shape index (κ1) is 19.6. The molecule has 5 rings (SSSR count). The number of alkyl halides is 3. The summed E-state index contributed by atoms with van der Waals surface area (Å²) < 4.78 is 40.6. The Morgan fingerprint density at radius 2 is 1.84 bits per heavy atom. The van der Waals surface area contributed by atoms with Gasteiger partial charge in [0.05, 0.1) is 22.3 Å². The number of hydrogen-bond donors (Lipinski definition) is 1. The quantitative estimate of drug-likeness (QED) is 0.472. The molecular formula is C22H19F3N6. The van der Waals surface area contributed by atoms with Crippen molar-refractivity contribution in [2.24, 2.45) is 0 Å². The van der Waals surface area contributed by atoms with Crippen molar-refractivity contribution in [1.29, 1.82) is 0 Å². The van der Waals surface area contributed by atoms with E-state index >= 15 is 0 Å². The second-order valence-corrected chi connectivity index (χ2v) is 7.89. The number of halogens is 3. The van der Waals surface area contributed by atoms with Crippen LogP contribution in [-0.4, -0.2) is 30.6 Å². The highest BCUT2D eigenvalue weighted by molar-refractivity contribution is 6.02. The third-order valence-corrected chi connectivity index (χ3v) is 5.85. The lowest BCUT2D eigenvalue weighted by Gasteiger charge is -2.20. The molecule has 0 radical (unpaired) electrons. The summed E-state index contributed by atoms with van der Waals surface area (Å²) in [6, 6.07) is 7.37. The first-order chi connectivity index (χ1) is 14.9. The first-order valence-corrected chi connectivity index (χ1v) is 10.1. The van der Waals surface area contributed by atoms with Gasteiger partial charge in [-0.1, -0.05) is 12.8 Å². The molecule has 1 saturated carbocycles. The van der Waals surface area contributed by atoms with E-state index in [1.807, 2.05) is 13.0 Å². The van der Waals surface area contributed by atoms with Crippen LogP contribution in [0.4, 0.5) is 13.2 Å². The molecule has 0 saturated heterocycles. The lowest BCUT2D eigenvalue weighted by molar-refractivity contribution is -0.137. The Balaban J connectivity index is 1.92. The van der Waals surface area contributed by atoms with E-state index in [0.29, 0.717) is 27.9 Å².